The van der Waals surface area contributed by atoms with Crippen LogP contribution in [0.4, 0.5) is 10.1 Å². The van der Waals surface area contributed by atoms with E-state index >= 15 is 0 Å². The lowest BCUT2D eigenvalue weighted by atomic mass is 10.2. The minimum Gasteiger partial charge on any atom is -0.497 e. The average Bonchev–Trinajstić information content (AvgIpc) is 2.72. The van der Waals surface area contributed by atoms with Gasteiger partial charge in [0.2, 0.25) is 0 Å². The summed E-state index contributed by atoms with van der Waals surface area (Å²) in [6.07, 6.45) is 0. The Morgan fingerprint density at radius 2 is 1.50 bits per heavy atom. The minimum atomic E-state index is -3.92. The number of anilines is 1. The lowest BCUT2D eigenvalue weighted by Crippen LogP contribution is -2.30. The Morgan fingerprint density at radius 3 is 2.07 bits per heavy atom. The van der Waals surface area contributed by atoms with Gasteiger partial charge < -0.3 is 9.47 Å². The average molecular weight is 401 g/mol. The zero-order valence-electron chi connectivity index (χ0n) is 15.5. The number of benzene rings is 3. The Labute approximate surface area is 164 Å². The van der Waals surface area contributed by atoms with Crippen molar-refractivity contribution in [2.24, 2.45) is 0 Å². The molecule has 28 heavy (non-hydrogen) atoms. The van der Waals surface area contributed by atoms with E-state index in [1.54, 1.807) is 48.5 Å². The number of methoxy groups -OCH3 is 2. The number of hydrogen-bond donors (Lipinski definition) is 0. The third kappa shape index (κ3) is 4.26. The monoisotopic (exact) mass is 401 g/mol. The molecule has 0 radical (unpaired) electrons. The van der Waals surface area contributed by atoms with Crippen molar-refractivity contribution in [1.29, 1.82) is 0 Å². The fraction of sp³-hybridized carbons (Fsp3) is 0.143. The molecule has 0 heterocycles. The predicted octanol–water partition coefficient (Wildman–Crippen LogP) is 4.24. The first-order valence-electron chi connectivity index (χ1n) is 8.49. The molecular weight excluding hydrogens is 381 g/mol. The summed E-state index contributed by atoms with van der Waals surface area (Å²) < 4.78 is 52.2. The Hall–Kier alpha value is -3.06. The van der Waals surface area contributed by atoms with Gasteiger partial charge in [0.25, 0.3) is 10.0 Å². The van der Waals surface area contributed by atoms with Crippen LogP contribution in [0, 0.1) is 5.82 Å². The number of sulfonamides is 1. The number of halogens is 1. The predicted molar refractivity (Wildman–Crippen MR) is 106 cm³/mol. The van der Waals surface area contributed by atoms with Crippen LogP contribution in [-0.2, 0) is 16.6 Å². The molecule has 0 atom stereocenters. The molecule has 0 fully saturated rings. The Kier molecular flexibility index (Phi) is 5.84. The molecule has 3 rings (SSSR count). The molecule has 0 N–H and O–H groups in total. The smallest absolute Gasteiger partial charge is 0.264 e. The van der Waals surface area contributed by atoms with Crippen LogP contribution in [0.1, 0.15) is 5.56 Å². The summed E-state index contributed by atoms with van der Waals surface area (Å²) in [7, 11) is -0.941. The maximum atomic E-state index is 13.7. The fourth-order valence-electron chi connectivity index (χ4n) is 2.77. The number of rotatable bonds is 7. The molecule has 146 valence electrons. The van der Waals surface area contributed by atoms with E-state index in [-0.39, 0.29) is 11.4 Å². The van der Waals surface area contributed by atoms with Gasteiger partial charge in [0.05, 0.1) is 31.3 Å². The molecule has 0 bridgehead atoms. The second-order valence-corrected chi connectivity index (χ2v) is 7.89. The van der Waals surface area contributed by atoms with Crippen LogP contribution in [-0.4, -0.2) is 22.6 Å². The van der Waals surface area contributed by atoms with Crippen LogP contribution in [0.2, 0.25) is 0 Å². The van der Waals surface area contributed by atoms with E-state index in [2.05, 4.69) is 0 Å². The van der Waals surface area contributed by atoms with Crippen LogP contribution >= 0.6 is 0 Å². The van der Waals surface area contributed by atoms with Crippen molar-refractivity contribution >= 4 is 15.7 Å². The summed E-state index contributed by atoms with van der Waals surface area (Å²) in [5.41, 5.74) is 0.866. The molecule has 0 aromatic heterocycles. The molecule has 0 saturated carbocycles. The minimum absolute atomic E-state index is 0.0503. The van der Waals surface area contributed by atoms with Gasteiger partial charge in [-0.05, 0) is 29.8 Å². The first kappa shape index (κ1) is 19.7. The van der Waals surface area contributed by atoms with Crippen molar-refractivity contribution in [2.75, 3.05) is 18.5 Å². The van der Waals surface area contributed by atoms with Gasteiger partial charge in [-0.2, -0.15) is 0 Å². The van der Waals surface area contributed by atoms with E-state index in [4.69, 9.17) is 9.47 Å². The largest absolute Gasteiger partial charge is 0.497 e. The lowest BCUT2D eigenvalue weighted by Gasteiger charge is -2.25. The molecule has 0 aliphatic heterocycles. The van der Waals surface area contributed by atoms with Gasteiger partial charge in [-0.15, -0.1) is 0 Å². The van der Waals surface area contributed by atoms with Crippen molar-refractivity contribution in [3.63, 3.8) is 0 Å². The van der Waals surface area contributed by atoms with Crippen LogP contribution in [0.15, 0.2) is 77.7 Å². The Bertz CT molecular complexity index is 1030. The summed E-state index contributed by atoms with van der Waals surface area (Å²) in [6, 6.07) is 18.8. The summed E-state index contributed by atoms with van der Waals surface area (Å²) in [6.45, 7) is -0.0503. The normalized spacial score (nSPS) is 11.1. The van der Waals surface area contributed by atoms with Crippen molar-refractivity contribution in [3.8, 4) is 11.5 Å². The van der Waals surface area contributed by atoms with Crippen LogP contribution in [0.5, 0.6) is 11.5 Å². The molecule has 7 heteroatoms. The Morgan fingerprint density at radius 1 is 0.857 bits per heavy atom. The van der Waals surface area contributed by atoms with E-state index in [1.807, 2.05) is 0 Å². The first-order valence-corrected chi connectivity index (χ1v) is 9.93. The fourth-order valence-corrected chi connectivity index (χ4v) is 4.23. The zero-order valence-corrected chi connectivity index (χ0v) is 16.3. The van der Waals surface area contributed by atoms with Gasteiger partial charge in [-0.25, -0.2) is 12.8 Å². The topological polar surface area (TPSA) is 55.8 Å². The Balaban J connectivity index is 2.14. The second-order valence-electron chi connectivity index (χ2n) is 6.03. The van der Waals surface area contributed by atoms with Gasteiger partial charge in [0.15, 0.2) is 0 Å². The highest BCUT2D eigenvalue weighted by Gasteiger charge is 2.26. The quantitative estimate of drug-likeness (QED) is 0.594. The van der Waals surface area contributed by atoms with E-state index in [1.165, 1.54) is 42.8 Å². The van der Waals surface area contributed by atoms with E-state index in [9.17, 15) is 12.8 Å². The molecule has 0 saturated heterocycles. The molecule has 0 spiro atoms. The van der Waals surface area contributed by atoms with Gasteiger partial charge in [-0.1, -0.05) is 30.3 Å². The van der Waals surface area contributed by atoms with E-state index in [0.717, 1.165) is 0 Å². The van der Waals surface area contributed by atoms with Crippen molar-refractivity contribution in [3.05, 3.63) is 84.2 Å². The summed E-state index contributed by atoms with van der Waals surface area (Å²) in [5.74, 6) is 0.460. The summed E-state index contributed by atoms with van der Waals surface area (Å²) >= 11 is 0. The van der Waals surface area contributed by atoms with Crippen molar-refractivity contribution in [2.45, 2.75) is 11.4 Å². The molecule has 3 aromatic rings. The van der Waals surface area contributed by atoms with Crippen molar-refractivity contribution in [1.82, 2.24) is 0 Å². The van der Waals surface area contributed by atoms with Crippen LogP contribution < -0.4 is 13.8 Å². The van der Waals surface area contributed by atoms with Gasteiger partial charge in [0.1, 0.15) is 17.3 Å². The highest BCUT2D eigenvalue weighted by molar-refractivity contribution is 7.92. The van der Waals surface area contributed by atoms with Gasteiger partial charge >= 0.3 is 0 Å². The zero-order chi connectivity index (χ0) is 20.1. The molecular formula is C21H20FNO4S. The van der Waals surface area contributed by atoms with Gasteiger partial charge in [-0.3, -0.25) is 4.31 Å². The third-order valence-electron chi connectivity index (χ3n) is 4.17. The number of hydrogen-bond acceptors (Lipinski definition) is 4. The first-order chi connectivity index (χ1) is 13.4. The van der Waals surface area contributed by atoms with E-state index in [0.29, 0.717) is 22.7 Å². The summed E-state index contributed by atoms with van der Waals surface area (Å²) in [4.78, 5) is 0.133. The summed E-state index contributed by atoms with van der Waals surface area (Å²) in [5, 5.41) is 0. The highest BCUT2D eigenvalue weighted by Crippen LogP contribution is 2.33. The number of nitrogens with zero attached hydrogens (tertiary/aromatic N) is 1. The van der Waals surface area contributed by atoms with Gasteiger partial charge in [0, 0.05) is 18.2 Å². The van der Waals surface area contributed by atoms with Crippen LogP contribution in [0.3, 0.4) is 0 Å². The molecule has 0 aliphatic carbocycles. The van der Waals surface area contributed by atoms with Crippen LogP contribution in [0.25, 0.3) is 0 Å². The SMILES string of the molecule is COc1cc(OC)cc(N(Cc2cccc(F)c2)S(=O)(=O)c2ccccc2)c1. The maximum absolute atomic E-state index is 13.7. The molecule has 0 aliphatic rings. The lowest BCUT2D eigenvalue weighted by molar-refractivity contribution is 0.394. The highest BCUT2D eigenvalue weighted by atomic mass is 32.2. The third-order valence-corrected chi connectivity index (χ3v) is 5.96. The van der Waals surface area contributed by atoms with Crippen molar-refractivity contribution < 1.29 is 22.3 Å². The standard InChI is InChI=1S/C21H20FNO4S/c1-26-19-12-18(13-20(14-19)27-2)23(15-16-7-6-8-17(22)11-16)28(24,25)21-9-4-3-5-10-21/h3-14H,15H2,1-2H3. The molecule has 5 nitrogen and oxygen atoms in total. The molecule has 0 unspecified atom stereocenters. The van der Waals surface area contributed by atoms with E-state index < -0.39 is 15.8 Å². The molecule has 3 aromatic carbocycles. The second kappa shape index (κ2) is 8.31. The maximum Gasteiger partial charge on any atom is 0.264 e. The number of ether oxygens (including phenoxy) is 2. The molecule has 0 amide bonds.